The molecule has 1 fully saturated rings. The Morgan fingerprint density at radius 1 is 1.18 bits per heavy atom. The number of amides is 2. The predicted molar refractivity (Wildman–Crippen MR) is 148 cm³/mol. The van der Waals surface area contributed by atoms with Gasteiger partial charge in [0.05, 0.1) is 17.5 Å². The molecule has 0 bridgehead atoms. The fourth-order valence-corrected chi connectivity index (χ4v) is 5.91. The van der Waals surface area contributed by atoms with Crippen LogP contribution in [0.5, 0.6) is 0 Å². The summed E-state index contributed by atoms with van der Waals surface area (Å²) in [6.45, 7) is 8.72. The first kappa shape index (κ1) is 28.7. The number of carboxylic acids is 1. The minimum atomic E-state index is -0.982. The number of carbonyl (C=O) groups is 3. The fourth-order valence-electron chi connectivity index (χ4n) is 5.73. The van der Waals surface area contributed by atoms with Crippen LogP contribution in [0.25, 0.3) is 0 Å². The molecule has 0 radical (unpaired) electrons. The molecule has 1 spiro atoms. The van der Waals surface area contributed by atoms with Crippen LogP contribution >= 0.6 is 11.6 Å². The van der Waals surface area contributed by atoms with E-state index in [0.717, 1.165) is 18.4 Å². The summed E-state index contributed by atoms with van der Waals surface area (Å²) in [5, 5.41) is 11.3. The molecule has 0 aromatic heterocycles. The number of hydrogen-bond acceptors (Lipinski definition) is 4. The van der Waals surface area contributed by atoms with Crippen LogP contribution in [-0.2, 0) is 9.59 Å². The number of carboxylic acid groups (broad SMARTS) is 1. The van der Waals surface area contributed by atoms with Crippen molar-refractivity contribution in [2.24, 2.45) is 16.3 Å². The first-order chi connectivity index (χ1) is 18.3. The Morgan fingerprint density at radius 2 is 1.82 bits per heavy atom. The Labute approximate surface area is 233 Å². The number of halogens is 2. The van der Waals surface area contributed by atoms with Gasteiger partial charge in [0, 0.05) is 17.7 Å². The number of aliphatic imine (C=N–C) groups is 1. The first-order valence-electron chi connectivity index (χ1n) is 13.3. The Bertz CT molecular complexity index is 1290. The van der Waals surface area contributed by atoms with Gasteiger partial charge in [-0.1, -0.05) is 44.5 Å². The molecule has 9 heteroatoms. The van der Waals surface area contributed by atoms with Gasteiger partial charge < -0.3 is 15.3 Å². The topological polar surface area (TPSA) is 99.1 Å². The van der Waals surface area contributed by atoms with E-state index < -0.39 is 17.4 Å². The standard InChI is InChI=1S/C30H35ClFN3O4/c1-18(19-5-7-20(8-6-19)27(38)33-16-13-25(36)37)35-28(39)26(21-9-10-24(32)23(31)17-21)34-30(35)14-11-22(12-15-30)29(2,3)4/h5-10,17-18,22H,11-16H2,1-4H3,(H,33,38)(H,36,37)/t18-,22?,30?/m1/s1. The zero-order chi connectivity index (χ0) is 28.5. The number of aliphatic carboxylic acids is 1. The van der Waals surface area contributed by atoms with Gasteiger partial charge in [0.1, 0.15) is 17.2 Å². The smallest absolute Gasteiger partial charge is 0.305 e. The Kier molecular flexibility index (Phi) is 8.17. The lowest BCUT2D eigenvalue weighted by molar-refractivity contribution is -0.137. The van der Waals surface area contributed by atoms with Crippen LogP contribution in [0.2, 0.25) is 5.02 Å². The van der Waals surface area contributed by atoms with Gasteiger partial charge >= 0.3 is 5.97 Å². The van der Waals surface area contributed by atoms with E-state index in [1.165, 1.54) is 12.1 Å². The molecule has 1 saturated carbocycles. The largest absolute Gasteiger partial charge is 0.481 e. The number of carbonyl (C=O) groups excluding carboxylic acids is 2. The summed E-state index contributed by atoms with van der Waals surface area (Å²) in [6, 6.07) is 10.9. The SMILES string of the molecule is C[C@H](c1ccc(C(=O)NCCC(=O)O)cc1)N1C(=O)C(c2ccc(F)c(Cl)c2)=NC12CCC(C(C)(C)C)CC2. The molecule has 1 heterocycles. The van der Waals surface area contributed by atoms with Gasteiger partial charge in [-0.3, -0.25) is 19.4 Å². The molecule has 1 aliphatic heterocycles. The quantitative estimate of drug-likeness (QED) is 0.437. The van der Waals surface area contributed by atoms with Crippen LogP contribution in [0.4, 0.5) is 4.39 Å². The summed E-state index contributed by atoms with van der Waals surface area (Å²) < 4.78 is 13.9. The minimum Gasteiger partial charge on any atom is -0.481 e. The summed E-state index contributed by atoms with van der Waals surface area (Å²) in [4.78, 5) is 44.0. The third kappa shape index (κ3) is 6.01. The number of nitrogens with one attached hydrogen (secondary N) is 1. The Balaban J connectivity index is 1.62. The van der Waals surface area contributed by atoms with E-state index >= 15 is 0 Å². The predicted octanol–water partition coefficient (Wildman–Crippen LogP) is 6.01. The molecule has 2 N–H and O–H groups in total. The summed E-state index contributed by atoms with van der Waals surface area (Å²) >= 11 is 6.05. The van der Waals surface area contributed by atoms with Crippen molar-refractivity contribution in [1.82, 2.24) is 10.2 Å². The van der Waals surface area contributed by atoms with Crippen LogP contribution in [0, 0.1) is 17.2 Å². The van der Waals surface area contributed by atoms with Gasteiger partial charge in [-0.2, -0.15) is 0 Å². The second-order valence-electron chi connectivity index (χ2n) is 11.6. The van der Waals surface area contributed by atoms with E-state index in [1.807, 2.05) is 24.0 Å². The monoisotopic (exact) mass is 555 g/mol. The summed E-state index contributed by atoms with van der Waals surface area (Å²) in [5.41, 5.74) is 1.46. The maximum atomic E-state index is 14.0. The second-order valence-corrected chi connectivity index (χ2v) is 12.0. The van der Waals surface area contributed by atoms with Gasteiger partial charge in [0.2, 0.25) is 0 Å². The number of rotatable bonds is 7. The molecule has 0 unspecified atom stereocenters. The molecule has 4 rings (SSSR count). The van der Waals surface area contributed by atoms with Crippen molar-refractivity contribution in [3.05, 3.63) is 70.0 Å². The molecule has 2 aromatic carbocycles. The van der Waals surface area contributed by atoms with E-state index in [2.05, 4.69) is 26.1 Å². The van der Waals surface area contributed by atoms with Gasteiger partial charge in [-0.25, -0.2) is 4.39 Å². The Morgan fingerprint density at radius 3 is 2.38 bits per heavy atom. The summed E-state index contributed by atoms with van der Waals surface area (Å²) in [5.74, 6) is -1.61. The van der Waals surface area contributed by atoms with Crippen molar-refractivity contribution >= 4 is 35.1 Å². The van der Waals surface area contributed by atoms with Crippen LogP contribution in [0.3, 0.4) is 0 Å². The zero-order valence-electron chi connectivity index (χ0n) is 22.8. The first-order valence-corrected chi connectivity index (χ1v) is 13.7. The van der Waals surface area contributed by atoms with Crippen LogP contribution in [0.15, 0.2) is 47.5 Å². The van der Waals surface area contributed by atoms with Gasteiger partial charge in [-0.15, -0.1) is 0 Å². The normalized spacial score (nSPS) is 22.1. The Hall–Kier alpha value is -3.26. The molecule has 7 nitrogen and oxygen atoms in total. The van der Waals surface area contributed by atoms with Crippen LogP contribution in [0.1, 0.15) is 87.3 Å². The van der Waals surface area contributed by atoms with Crippen molar-refractivity contribution in [1.29, 1.82) is 0 Å². The molecule has 0 saturated heterocycles. The summed E-state index contributed by atoms with van der Waals surface area (Å²) in [7, 11) is 0. The molecular weight excluding hydrogens is 521 g/mol. The van der Waals surface area contributed by atoms with E-state index in [4.69, 9.17) is 21.7 Å². The van der Waals surface area contributed by atoms with Crippen molar-refractivity contribution in [3.63, 3.8) is 0 Å². The van der Waals surface area contributed by atoms with E-state index in [1.54, 1.807) is 18.2 Å². The molecular formula is C30H35ClFN3O4. The number of benzene rings is 2. The highest BCUT2D eigenvalue weighted by molar-refractivity contribution is 6.47. The maximum Gasteiger partial charge on any atom is 0.305 e. The fraction of sp³-hybridized carbons (Fsp3) is 0.467. The van der Waals surface area contributed by atoms with E-state index in [-0.39, 0.29) is 47.0 Å². The van der Waals surface area contributed by atoms with E-state index in [9.17, 15) is 18.8 Å². The number of hydrogen-bond donors (Lipinski definition) is 2. The van der Waals surface area contributed by atoms with Crippen LogP contribution in [-0.4, -0.2) is 45.7 Å². The van der Waals surface area contributed by atoms with Crippen LogP contribution < -0.4 is 5.32 Å². The van der Waals surface area contributed by atoms with E-state index in [0.29, 0.717) is 29.9 Å². The molecule has 2 aliphatic rings. The lowest BCUT2D eigenvalue weighted by Crippen LogP contribution is -2.50. The highest BCUT2D eigenvalue weighted by Crippen LogP contribution is 2.49. The highest BCUT2D eigenvalue weighted by atomic mass is 35.5. The number of nitrogens with zero attached hydrogens (tertiary/aromatic N) is 2. The molecule has 39 heavy (non-hydrogen) atoms. The second kappa shape index (κ2) is 11.1. The van der Waals surface area contributed by atoms with Gasteiger partial charge in [0.25, 0.3) is 11.8 Å². The van der Waals surface area contributed by atoms with Gasteiger partial charge in [0.15, 0.2) is 0 Å². The minimum absolute atomic E-state index is 0.0419. The van der Waals surface area contributed by atoms with Crippen molar-refractivity contribution < 1.29 is 23.9 Å². The average Bonchev–Trinajstić information content (AvgIpc) is 3.16. The molecule has 2 aromatic rings. The zero-order valence-corrected chi connectivity index (χ0v) is 23.5. The van der Waals surface area contributed by atoms with Crippen molar-refractivity contribution in [2.45, 2.75) is 71.5 Å². The molecule has 1 aliphatic carbocycles. The third-order valence-electron chi connectivity index (χ3n) is 8.06. The third-order valence-corrected chi connectivity index (χ3v) is 8.35. The molecule has 1 atom stereocenters. The molecule has 208 valence electrons. The highest BCUT2D eigenvalue weighted by Gasteiger charge is 2.52. The van der Waals surface area contributed by atoms with Crippen molar-refractivity contribution in [3.8, 4) is 0 Å². The summed E-state index contributed by atoms with van der Waals surface area (Å²) in [6.07, 6.45) is 3.13. The van der Waals surface area contributed by atoms with Crippen molar-refractivity contribution in [2.75, 3.05) is 6.54 Å². The lowest BCUT2D eigenvalue weighted by atomic mass is 9.69. The maximum absolute atomic E-state index is 14.0. The lowest BCUT2D eigenvalue weighted by Gasteiger charge is -2.46. The van der Waals surface area contributed by atoms with Gasteiger partial charge in [-0.05, 0) is 79.8 Å². The molecule has 2 amide bonds. The average molecular weight is 556 g/mol.